The lowest BCUT2D eigenvalue weighted by Gasteiger charge is -2.29. The van der Waals surface area contributed by atoms with Crippen LogP contribution >= 0.6 is 15.9 Å². The minimum Gasteiger partial charge on any atom is -0.399 e. The molecule has 0 aromatic heterocycles. The van der Waals surface area contributed by atoms with E-state index in [-0.39, 0.29) is 10.3 Å². The molecule has 0 bridgehead atoms. The highest BCUT2D eigenvalue weighted by atomic mass is 79.9. The molecule has 0 atom stereocenters. The fourth-order valence-corrected chi connectivity index (χ4v) is 3.61. The SMILES string of the molecule is CC(C)C(C)(C)CNS(=O)(=O)c1ccc(N)cc1Br. The third kappa shape index (κ3) is 4.19. The van der Waals surface area contributed by atoms with Gasteiger partial charge in [-0.25, -0.2) is 13.1 Å². The van der Waals surface area contributed by atoms with Crippen LogP contribution in [0.5, 0.6) is 0 Å². The van der Waals surface area contributed by atoms with Crippen molar-refractivity contribution in [3.8, 4) is 0 Å². The van der Waals surface area contributed by atoms with Gasteiger partial charge in [0.25, 0.3) is 0 Å². The van der Waals surface area contributed by atoms with Gasteiger partial charge in [-0.1, -0.05) is 27.7 Å². The van der Waals surface area contributed by atoms with E-state index in [2.05, 4.69) is 34.5 Å². The molecule has 0 radical (unpaired) electrons. The third-order valence-electron chi connectivity index (χ3n) is 3.53. The second-order valence-electron chi connectivity index (χ2n) is 5.66. The Morgan fingerprint density at radius 3 is 2.42 bits per heavy atom. The third-order valence-corrected chi connectivity index (χ3v) is 5.90. The van der Waals surface area contributed by atoms with Crippen molar-refractivity contribution in [2.24, 2.45) is 11.3 Å². The van der Waals surface area contributed by atoms with Gasteiger partial charge >= 0.3 is 0 Å². The number of benzene rings is 1. The predicted molar refractivity (Wildman–Crippen MR) is 82.4 cm³/mol. The minimum atomic E-state index is -3.53. The summed E-state index contributed by atoms with van der Waals surface area (Å²) in [5.74, 6) is 0.380. The summed E-state index contributed by atoms with van der Waals surface area (Å²) >= 11 is 3.23. The van der Waals surface area contributed by atoms with Gasteiger partial charge in [0.15, 0.2) is 0 Å². The maximum atomic E-state index is 12.3. The average Bonchev–Trinajstić information content (AvgIpc) is 2.26. The van der Waals surface area contributed by atoms with Crippen molar-refractivity contribution in [2.75, 3.05) is 12.3 Å². The van der Waals surface area contributed by atoms with E-state index in [1.165, 1.54) is 6.07 Å². The molecule has 108 valence electrons. The summed E-state index contributed by atoms with van der Waals surface area (Å²) in [6, 6.07) is 4.67. The first-order valence-corrected chi connectivity index (χ1v) is 8.38. The molecule has 19 heavy (non-hydrogen) atoms. The van der Waals surface area contributed by atoms with E-state index in [9.17, 15) is 8.42 Å². The molecular weight excluding hydrogens is 328 g/mol. The Morgan fingerprint density at radius 1 is 1.37 bits per heavy atom. The molecule has 0 saturated heterocycles. The van der Waals surface area contributed by atoms with Gasteiger partial charge in [0.1, 0.15) is 0 Å². The van der Waals surface area contributed by atoms with Crippen LogP contribution in [-0.2, 0) is 10.0 Å². The zero-order valence-electron chi connectivity index (χ0n) is 11.7. The highest BCUT2D eigenvalue weighted by molar-refractivity contribution is 9.10. The summed E-state index contributed by atoms with van der Waals surface area (Å²) in [7, 11) is -3.53. The van der Waals surface area contributed by atoms with Crippen LogP contribution < -0.4 is 10.5 Å². The maximum absolute atomic E-state index is 12.3. The zero-order valence-corrected chi connectivity index (χ0v) is 14.1. The molecule has 1 aromatic rings. The number of hydrogen-bond donors (Lipinski definition) is 2. The molecule has 0 saturated carbocycles. The Hall–Kier alpha value is -0.590. The summed E-state index contributed by atoms with van der Waals surface area (Å²) in [5.41, 5.74) is 6.03. The Kier molecular flexibility index (Phi) is 5.03. The fraction of sp³-hybridized carbons (Fsp3) is 0.538. The first-order valence-electron chi connectivity index (χ1n) is 6.11. The Labute approximate surface area is 124 Å². The number of anilines is 1. The van der Waals surface area contributed by atoms with Crippen molar-refractivity contribution >= 4 is 31.6 Å². The molecule has 0 aliphatic carbocycles. The largest absolute Gasteiger partial charge is 0.399 e. The molecule has 6 heteroatoms. The number of nitrogens with two attached hydrogens (primary N) is 1. The van der Waals surface area contributed by atoms with Crippen LogP contribution in [0.2, 0.25) is 0 Å². The van der Waals surface area contributed by atoms with E-state index in [0.29, 0.717) is 22.6 Å². The monoisotopic (exact) mass is 348 g/mol. The lowest BCUT2D eigenvalue weighted by Crippen LogP contribution is -2.37. The molecule has 0 unspecified atom stereocenters. The van der Waals surface area contributed by atoms with E-state index in [1.54, 1.807) is 12.1 Å². The first kappa shape index (κ1) is 16.5. The summed E-state index contributed by atoms with van der Waals surface area (Å²) in [6.45, 7) is 8.63. The lowest BCUT2D eigenvalue weighted by atomic mass is 9.81. The molecule has 0 aliphatic rings. The molecule has 0 fully saturated rings. The number of nitrogens with one attached hydrogen (secondary N) is 1. The van der Waals surface area contributed by atoms with Crippen LogP contribution in [-0.4, -0.2) is 15.0 Å². The Balaban J connectivity index is 2.94. The van der Waals surface area contributed by atoms with E-state index < -0.39 is 10.0 Å². The number of sulfonamides is 1. The van der Waals surface area contributed by atoms with Gasteiger partial charge in [0.2, 0.25) is 10.0 Å². The highest BCUT2D eigenvalue weighted by Gasteiger charge is 2.26. The molecule has 0 spiro atoms. The summed E-state index contributed by atoms with van der Waals surface area (Å²) in [5, 5.41) is 0. The van der Waals surface area contributed by atoms with Crippen molar-refractivity contribution in [1.29, 1.82) is 0 Å². The Morgan fingerprint density at radius 2 is 1.95 bits per heavy atom. The number of nitrogen functional groups attached to an aromatic ring is 1. The van der Waals surface area contributed by atoms with E-state index in [1.807, 2.05) is 13.8 Å². The fourth-order valence-electron chi connectivity index (χ4n) is 1.30. The summed E-state index contributed by atoms with van der Waals surface area (Å²) in [4.78, 5) is 0.209. The summed E-state index contributed by atoms with van der Waals surface area (Å²) < 4.78 is 27.6. The molecular formula is C13H21BrN2O2S. The lowest BCUT2D eigenvalue weighted by molar-refractivity contribution is 0.252. The van der Waals surface area contributed by atoms with E-state index >= 15 is 0 Å². The van der Waals surface area contributed by atoms with Gasteiger partial charge in [0, 0.05) is 16.7 Å². The minimum absolute atomic E-state index is 0.104. The average molecular weight is 349 g/mol. The second-order valence-corrected chi connectivity index (χ2v) is 8.25. The van der Waals surface area contributed by atoms with Crippen molar-refractivity contribution < 1.29 is 8.42 Å². The zero-order chi connectivity index (χ0) is 14.8. The van der Waals surface area contributed by atoms with Crippen LogP contribution in [0.1, 0.15) is 27.7 Å². The standard InChI is InChI=1S/C13H21BrN2O2S/c1-9(2)13(3,4)8-16-19(17,18)12-6-5-10(15)7-11(12)14/h5-7,9,16H,8,15H2,1-4H3. The predicted octanol–water partition coefficient (Wildman–Crippen LogP) is 2.99. The van der Waals surface area contributed by atoms with Crippen LogP contribution in [0.25, 0.3) is 0 Å². The van der Waals surface area contributed by atoms with Gasteiger partial charge in [-0.05, 0) is 45.5 Å². The molecule has 3 N–H and O–H groups in total. The topological polar surface area (TPSA) is 72.2 Å². The van der Waals surface area contributed by atoms with Crippen LogP contribution in [0.3, 0.4) is 0 Å². The summed E-state index contributed by atoms with van der Waals surface area (Å²) in [6.07, 6.45) is 0. The highest BCUT2D eigenvalue weighted by Crippen LogP contribution is 2.27. The van der Waals surface area contributed by atoms with Gasteiger partial charge in [0.05, 0.1) is 4.90 Å². The molecule has 1 rings (SSSR count). The second kappa shape index (κ2) is 5.81. The molecule has 0 heterocycles. The number of rotatable bonds is 5. The van der Waals surface area contributed by atoms with Gasteiger partial charge in [-0.3, -0.25) is 0 Å². The van der Waals surface area contributed by atoms with Crippen molar-refractivity contribution in [1.82, 2.24) is 4.72 Å². The van der Waals surface area contributed by atoms with Crippen LogP contribution in [0.15, 0.2) is 27.6 Å². The maximum Gasteiger partial charge on any atom is 0.241 e. The first-order chi connectivity index (χ1) is 8.56. The quantitative estimate of drug-likeness (QED) is 0.803. The van der Waals surface area contributed by atoms with Crippen molar-refractivity contribution in [2.45, 2.75) is 32.6 Å². The molecule has 1 aromatic carbocycles. The van der Waals surface area contributed by atoms with Crippen molar-refractivity contribution in [3.05, 3.63) is 22.7 Å². The number of halogens is 1. The van der Waals surface area contributed by atoms with Gasteiger partial charge in [-0.15, -0.1) is 0 Å². The normalized spacial score (nSPS) is 12.9. The smallest absolute Gasteiger partial charge is 0.241 e. The van der Waals surface area contributed by atoms with Crippen LogP contribution in [0, 0.1) is 11.3 Å². The van der Waals surface area contributed by atoms with E-state index in [4.69, 9.17) is 5.73 Å². The van der Waals surface area contributed by atoms with Crippen molar-refractivity contribution in [3.63, 3.8) is 0 Å². The molecule has 4 nitrogen and oxygen atoms in total. The Bertz CT molecular complexity index is 554. The van der Waals surface area contributed by atoms with Crippen LogP contribution in [0.4, 0.5) is 5.69 Å². The molecule has 0 aliphatic heterocycles. The number of hydrogen-bond acceptors (Lipinski definition) is 3. The molecule has 0 amide bonds. The van der Waals surface area contributed by atoms with E-state index in [0.717, 1.165) is 0 Å². The van der Waals surface area contributed by atoms with Gasteiger partial charge in [-0.2, -0.15) is 0 Å². The van der Waals surface area contributed by atoms with Gasteiger partial charge < -0.3 is 5.73 Å².